The van der Waals surface area contributed by atoms with E-state index in [1.807, 2.05) is 0 Å². The molecule has 2 aromatic rings. The average molecular weight is 280 g/mol. The smallest absolute Gasteiger partial charge is 0.00323 e. The van der Waals surface area contributed by atoms with E-state index in [-0.39, 0.29) is 5.41 Å². The largest absolute Gasteiger partial charge is 0.0648 e. The Labute approximate surface area is 130 Å². The van der Waals surface area contributed by atoms with Crippen LogP contribution in [0.25, 0.3) is 0 Å². The second-order valence-corrected chi connectivity index (χ2v) is 6.77. The molecule has 0 spiro atoms. The van der Waals surface area contributed by atoms with Gasteiger partial charge < -0.3 is 0 Å². The van der Waals surface area contributed by atoms with E-state index in [1.165, 1.54) is 27.8 Å². The molecule has 0 aliphatic carbocycles. The Bertz CT molecular complexity index is 605. The Morgan fingerprint density at radius 2 is 1.48 bits per heavy atom. The Kier molecular flexibility index (Phi) is 4.56. The fraction of sp³-hybridized carbons (Fsp3) is 0.429. The van der Waals surface area contributed by atoms with Crippen LogP contribution in [0.1, 0.15) is 60.9 Å². The van der Waals surface area contributed by atoms with Gasteiger partial charge in [0.1, 0.15) is 0 Å². The van der Waals surface area contributed by atoms with Crippen molar-refractivity contribution in [3.63, 3.8) is 0 Å². The zero-order valence-electron chi connectivity index (χ0n) is 14.3. The summed E-state index contributed by atoms with van der Waals surface area (Å²) in [5, 5.41) is 0. The molecule has 21 heavy (non-hydrogen) atoms. The Morgan fingerprint density at radius 1 is 0.857 bits per heavy atom. The van der Waals surface area contributed by atoms with Crippen molar-refractivity contribution < 1.29 is 0 Å². The molecule has 0 amide bonds. The van der Waals surface area contributed by atoms with Crippen LogP contribution in [0.5, 0.6) is 0 Å². The van der Waals surface area contributed by atoms with Gasteiger partial charge in [-0.3, -0.25) is 0 Å². The third-order valence-electron chi connectivity index (χ3n) is 5.23. The van der Waals surface area contributed by atoms with Crippen molar-refractivity contribution in [1.29, 1.82) is 0 Å². The predicted octanol–water partition coefficient (Wildman–Crippen LogP) is 6.08. The molecule has 0 aliphatic rings. The first kappa shape index (κ1) is 15.8. The Hall–Kier alpha value is -1.56. The quantitative estimate of drug-likeness (QED) is 0.636. The molecular weight excluding hydrogens is 252 g/mol. The van der Waals surface area contributed by atoms with Gasteiger partial charge in [0.25, 0.3) is 0 Å². The summed E-state index contributed by atoms with van der Waals surface area (Å²) in [6, 6.07) is 15.6. The molecule has 0 saturated heterocycles. The minimum absolute atomic E-state index is 0.138. The van der Waals surface area contributed by atoms with Crippen molar-refractivity contribution in [2.75, 3.05) is 0 Å². The predicted molar refractivity (Wildman–Crippen MR) is 93.2 cm³/mol. The van der Waals surface area contributed by atoms with Crippen molar-refractivity contribution in [2.45, 2.75) is 59.3 Å². The van der Waals surface area contributed by atoms with Crippen LogP contribution in [0, 0.1) is 20.8 Å². The lowest BCUT2D eigenvalue weighted by Crippen LogP contribution is -2.28. The van der Waals surface area contributed by atoms with Crippen LogP contribution in [-0.2, 0) is 5.41 Å². The maximum atomic E-state index is 2.39. The van der Waals surface area contributed by atoms with Gasteiger partial charge in [0.2, 0.25) is 0 Å². The normalized spacial score (nSPS) is 13.2. The van der Waals surface area contributed by atoms with Crippen LogP contribution in [0.15, 0.2) is 42.5 Å². The lowest BCUT2D eigenvalue weighted by molar-refractivity contribution is 0.399. The minimum Gasteiger partial charge on any atom is -0.0648 e. The van der Waals surface area contributed by atoms with E-state index in [0.29, 0.717) is 5.92 Å². The van der Waals surface area contributed by atoms with E-state index in [0.717, 1.165) is 6.42 Å². The van der Waals surface area contributed by atoms with E-state index in [1.54, 1.807) is 0 Å². The van der Waals surface area contributed by atoms with E-state index < -0.39 is 0 Å². The standard InChI is InChI=1S/C21H28/c1-7-19(18-11-9-8-10-12-18)21(5,6)20-14-13-15(2)16(3)17(20)4/h8-14,19H,7H2,1-6H3. The highest BCUT2D eigenvalue weighted by atomic mass is 14.4. The first-order valence-corrected chi connectivity index (χ1v) is 8.01. The molecule has 0 fully saturated rings. The molecule has 1 unspecified atom stereocenters. The van der Waals surface area contributed by atoms with Gasteiger partial charge in [-0.2, -0.15) is 0 Å². The van der Waals surface area contributed by atoms with E-state index in [2.05, 4.69) is 84.0 Å². The molecule has 112 valence electrons. The van der Waals surface area contributed by atoms with Gasteiger partial charge in [-0.05, 0) is 66.3 Å². The number of hydrogen-bond acceptors (Lipinski definition) is 0. The molecule has 0 radical (unpaired) electrons. The van der Waals surface area contributed by atoms with E-state index in [4.69, 9.17) is 0 Å². The molecule has 2 aromatic carbocycles. The summed E-state index contributed by atoms with van der Waals surface area (Å²) in [5.74, 6) is 0.541. The summed E-state index contributed by atoms with van der Waals surface area (Å²) in [4.78, 5) is 0. The molecule has 1 atom stereocenters. The zero-order chi connectivity index (χ0) is 15.6. The van der Waals surface area contributed by atoms with Gasteiger partial charge in [-0.25, -0.2) is 0 Å². The fourth-order valence-corrected chi connectivity index (χ4v) is 3.69. The summed E-state index contributed by atoms with van der Waals surface area (Å²) in [6.07, 6.45) is 1.16. The minimum atomic E-state index is 0.138. The van der Waals surface area contributed by atoms with E-state index >= 15 is 0 Å². The van der Waals surface area contributed by atoms with Crippen LogP contribution >= 0.6 is 0 Å². The van der Waals surface area contributed by atoms with Crippen molar-refractivity contribution in [3.05, 3.63) is 70.3 Å². The van der Waals surface area contributed by atoms with Crippen molar-refractivity contribution in [2.24, 2.45) is 0 Å². The van der Waals surface area contributed by atoms with Gasteiger partial charge in [0.05, 0.1) is 0 Å². The number of hydrogen-bond donors (Lipinski definition) is 0. The molecular formula is C21H28. The second-order valence-electron chi connectivity index (χ2n) is 6.77. The van der Waals surface area contributed by atoms with Crippen LogP contribution in [0.2, 0.25) is 0 Å². The molecule has 0 bridgehead atoms. The maximum Gasteiger partial charge on any atom is -0.00323 e. The maximum absolute atomic E-state index is 2.39. The highest BCUT2D eigenvalue weighted by molar-refractivity contribution is 5.44. The highest BCUT2D eigenvalue weighted by Gasteiger charge is 2.32. The van der Waals surface area contributed by atoms with Gasteiger partial charge in [0, 0.05) is 0 Å². The first-order chi connectivity index (χ1) is 9.89. The average Bonchev–Trinajstić information content (AvgIpc) is 2.46. The third kappa shape index (κ3) is 2.90. The summed E-state index contributed by atoms with van der Waals surface area (Å²) in [5.41, 5.74) is 7.35. The SMILES string of the molecule is CCC(c1ccccc1)C(C)(C)c1ccc(C)c(C)c1C. The summed E-state index contributed by atoms with van der Waals surface area (Å²) < 4.78 is 0. The molecule has 0 saturated carbocycles. The summed E-state index contributed by atoms with van der Waals surface area (Å²) in [7, 11) is 0. The van der Waals surface area contributed by atoms with Gasteiger partial charge in [-0.1, -0.05) is 63.2 Å². The molecule has 0 N–H and O–H groups in total. The number of rotatable bonds is 4. The molecule has 0 aromatic heterocycles. The molecule has 0 heterocycles. The molecule has 0 nitrogen and oxygen atoms in total. The van der Waals surface area contributed by atoms with Crippen LogP contribution in [0.3, 0.4) is 0 Å². The van der Waals surface area contributed by atoms with Crippen LogP contribution < -0.4 is 0 Å². The van der Waals surface area contributed by atoms with Crippen LogP contribution in [0.4, 0.5) is 0 Å². The lowest BCUT2D eigenvalue weighted by Gasteiger charge is -2.36. The lowest BCUT2D eigenvalue weighted by atomic mass is 9.67. The Morgan fingerprint density at radius 3 is 2.05 bits per heavy atom. The van der Waals surface area contributed by atoms with Crippen molar-refractivity contribution in [3.8, 4) is 0 Å². The zero-order valence-corrected chi connectivity index (χ0v) is 14.3. The fourth-order valence-electron chi connectivity index (χ4n) is 3.69. The number of aryl methyl sites for hydroxylation is 1. The van der Waals surface area contributed by atoms with Gasteiger partial charge in [-0.15, -0.1) is 0 Å². The topological polar surface area (TPSA) is 0 Å². The third-order valence-corrected chi connectivity index (χ3v) is 5.23. The molecule has 2 rings (SSSR count). The van der Waals surface area contributed by atoms with E-state index in [9.17, 15) is 0 Å². The second kappa shape index (κ2) is 6.05. The Balaban J connectivity index is 2.52. The van der Waals surface area contributed by atoms with Crippen LogP contribution in [-0.4, -0.2) is 0 Å². The van der Waals surface area contributed by atoms with Crippen molar-refractivity contribution in [1.82, 2.24) is 0 Å². The van der Waals surface area contributed by atoms with Crippen molar-refractivity contribution >= 4 is 0 Å². The van der Waals surface area contributed by atoms with Gasteiger partial charge >= 0.3 is 0 Å². The molecule has 0 heteroatoms. The first-order valence-electron chi connectivity index (χ1n) is 8.01. The number of benzene rings is 2. The molecule has 0 aliphatic heterocycles. The monoisotopic (exact) mass is 280 g/mol. The highest BCUT2D eigenvalue weighted by Crippen LogP contribution is 2.42. The summed E-state index contributed by atoms with van der Waals surface area (Å²) >= 11 is 0. The van der Waals surface area contributed by atoms with Gasteiger partial charge in [0.15, 0.2) is 0 Å². The summed E-state index contributed by atoms with van der Waals surface area (Å²) in [6.45, 7) is 13.8.